The smallest absolute Gasteiger partial charge is 0.155 e. The summed E-state index contributed by atoms with van der Waals surface area (Å²) in [6.07, 6.45) is -2.19. The number of phenols is 1. The quantitative estimate of drug-likeness (QED) is 0.645. The highest BCUT2D eigenvalue weighted by atomic mass is 16.7. The highest BCUT2D eigenvalue weighted by Gasteiger charge is 2.26. The monoisotopic (exact) mass is 380 g/mol. The van der Waals surface area contributed by atoms with Crippen LogP contribution in [0.25, 0.3) is 10.8 Å². The van der Waals surface area contributed by atoms with Crippen molar-refractivity contribution in [1.82, 2.24) is 0 Å². The first-order chi connectivity index (χ1) is 12.9. The number of aliphatic hydroxyl groups excluding tert-OH is 1. The summed E-state index contributed by atoms with van der Waals surface area (Å²) in [4.78, 5) is 0. The van der Waals surface area contributed by atoms with Crippen LogP contribution in [0.5, 0.6) is 23.0 Å². The zero-order chi connectivity index (χ0) is 20.1. The second-order valence-corrected chi connectivity index (χ2v) is 6.08. The van der Waals surface area contributed by atoms with Crippen molar-refractivity contribution in [2.45, 2.75) is 39.3 Å². The van der Waals surface area contributed by atoms with Gasteiger partial charge in [-0.15, -0.1) is 0 Å². The molecule has 1 unspecified atom stereocenters. The Kier molecular flexibility index (Phi) is 7.12. The molecule has 0 heterocycles. The Hall–Kier alpha value is -2.22. The van der Waals surface area contributed by atoms with Crippen LogP contribution in [-0.2, 0) is 9.47 Å². The maximum Gasteiger partial charge on any atom is 0.155 e. The Morgan fingerprint density at radius 1 is 0.963 bits per heavy atom. The van der Waals surface area contributed by atoms with Crippen molar-refractivity contribution in [2.75, 3.05) is 27.9 Å². The molecule has 2 aromatic carbocycles. The third-order valence-electron chi connectivity index (χ3n) is 4.38. The van der Waals surface area contributed by atoms with Crippen LogP contribution < -0.4 is 14.2 Å². The highest BCUT2D eigenvalue weighted by Crippen LogP contribution is 2.45. The van der Waals surface area contributed by atoms with Gasteiger partial charge >= 0.3 is 0 Å². The molecule has 150 valence electrons. The van der Waals surface area contributed by atoms with Crippen LogP contribution in [0.3, 0.4) is 0 Å². The van der Waals surface area contributed by atoms with Crippen LogP contribution in [0, 0.1) is 0 Å². The van der Waals surface area contributed by atoms with Gasteiger partial charge in [0.25, 0.3) is 0 Å². The molecule has 2 N–H and O–H groups in total. The molecular weight excluding hydrogens is 352 g/mol. The van der Waals surface area contributed by atoms with Gasteiger partial charge in [-0.1, -0.05) is 0 Å². The second kappa shape index (κ2) is 9.12. The SMILES string of the molecule is CCOC(C)O[C@@H](C)[C@H](O)c1cc(OC)c2c(OC)cc(OC)cc2c1O. The number of aromatic hydroxyl groups is 1. The van der Waals surface area contributed by atoms with E-state index in [0.29, 0.717) is 34.6 Å². The van der Waals surface area contributed by atoms with Gasteiger partial charge < -0.3 is 33.9 Å². The summed E-state index contributed by atoms with van der Waals surface area (Å²) in [6, 6.07) is 4.96. The number of methoxy groups -OCH3 is 3. The molecule has 0 fully saturated rings. The van der Waals surface area contributed by atoms with E-state index in [1.165, 1.54) is 21.3 Å². The van der Waals surface area contributed by atoms with Crippen molar-refractivity contribution in [3.05, 3.63) is 23.8 Å². The molecular formula is C20H28O7. The van der Waals surface area contributed by atoms with Crippen molar-refractivity contribution >= 4 is 10.8 Å². The summed E-state index contributed by atoms with van der Waals surface area (Å²) in [5.74, 6) is 1.38. The molecule has 3 atom stereocenters. The van der Waals surface area contributed by atoms with Crippen molar-refractivity contribution < 1.29 is 33.9 Å². The molecule has 0 saturated heterocycles. The van der Waals surface area contributed by atoms with E-state index in [4.69, 9.17) is 23.7 Å². The Labute approximate surface area is 159 Å². The van der Waals surface area contributed by atoms with Crippen molar-refractivity contribution in [2.24, 2.45) is 0 Å². The lowest BCUT2D eigenvalue weighted by atomic mass is 9.97. The van der Waals surface area contributed by atoms with E-state index in [1.54, 1.807) is 32.0 Å². The standard InChI is InChI=1S/C20H28O7/c1-7-26-12(3)27-11(2)19(21)15-10-17(25-6)18-14(20(15)22)8-13(23-4)9-16(18)24-5/h8-12,19,21-22H,7H2,1-6H3/t11-,12?,19-/m0/s1. The van der Waals surface area contributed by atoms with E-state index in [-0.39, 0.29) is 11.3 Å². The summed E-state index contributed by atoms with van der Waals surface area (Å²) >= 11 is 0. The van der Waals surface area contributed by atoms with Gasteiger partial charge in [0, 0.05) is 23.6 Å². The van der Waals surface area contributed by atoms with Crippen LogP contribution in [-0.4, -0.2) is 50.5 Å². The van der Waals surface area contributed by atoms with Gasteiger partial charge in [0.15, 0.2) is 6.29 Å². The van der Waals surface area contributed by atoms with Crippen molar-refractivity contribution in [3.8, 4) is 23.0 Å². The normalized spacial score (nSPS) is 14.6. The number of hydrogen-bond acceptors (Lipinski definition) is 7. The Bertz CT molecular complexity index is 775. The molecule has 0 radical (unpaired) electrons. The number of fused-ring (bicyclic) bond motifs is 1. The van der Waals surface area contributed by atoms with Gasteiger partial charge in [-0.3, -0.25) is 0 Å². The molecule has 0 aromatic heterocycles. The third kappa shape index (κ3) is 4.37. The molecule has 2 aromatic rings. The molecule has 0 bridgehead atoms. The lowest BCUT2D eigenvalue weighted by Crippen LogP contribution is -2.25. The van der Waals surface area contributed by atoms with Gasteiger partial charge in [-0.2, -0.15) is 0 Å². The summed E-state index contributed by atoms with van der Waals surface area (Å²) in [5.41, 5.74) is 0.283. The van der Waals surface area contributed by atoms with Crippen LogP contribution in [0.1, 0.15) is 32.4 Å². The summed E-state index contributed by atoms with van der Waals surface area (Å²) in [7, 11) is 4.57. The molecule has 0 aliphatic rings. The second-order valence-electron chi connectivity index (χ2n) is 6.08. The average molecular weight is 380 g/mol. The topological polar surface area (TPSA) is 86.6 Å². The van der Waals surface area contributed by atoms with E-state index < -0.39 is 18.5 Å². The van der Waals surface area contributed by atoms with Gasteiger partial charge in [-0.05, 0) is 32.9 Å². The fourth-order valence-electron chi connectivity index (χ4n) is 3.04. The fraction of sp³-hybridized carbons (Fsp3) is 0.500. The molecule has 7 heteroatoms. The van der Waals surface area contributed by atoms with E-state index in [2.05, 4.69) is 0 Å². The number of rotatable bonds is 9. The fourth-order valence-corrected chi connectivity index (χ4v) is 3.04. The van der Waals surface area contributed by atoms with Gasteiger partial charge in [0.1, 0.15) is 29.1 Å². The molecule has 2 rings (SSSR count). The van der Waals surface area contributed by atoms with Gasteiger partial charge in [0.05, 0.1) is 32.8 Å². The first kappa shape index (κ1) is 21.1. The Morgan fingerprint density at radius 2 is 1.59 bits per heavy atom. The summed E-state index contributed by atoms with van der Waals surface area (Å²) < 4.78 is 27.2. The predicted octanol–water partition coefficient (Wildman–Crippen LogP) is 3.39. The van der Waals surface area contributed by atoms with Crippen LogP contribution in [0.4, 0.5) is 0 Å². The molecule has 0 aliphatic heterocycles. The predicted molar refractivity (Wildman–Crippen MR) is 102 cm³/mol. The van der Waals surface area contributed by atoms with Crippen molar-refractivity contribution in [3.63, 3.8) is 0 Å². The number of aliphatic hydroxyl groups is 1. The molecule has 0 amide bonds. The van der Waals surface area contributed by atoms with Crippen LogP contribution in [0.15, 0.2) is 18.2 Å². The number of ether oxygens (including phenoxy) is 5. The lowest BCUT2D eigenvalue weighted by molar-refractivity contribution is -0.176. The van der Waals surface area contributed by atoms with E-state index >= 15 is 0 Å². The average Bonchev–Trinajstić information content (AvgIpc) is 2.67. The zero-order valence-electron chi connectivity index (χ0n) is 16.6. The van der Waals surface area contributed by atoms with E-state index in [1.807, 2.05) is 6.92 Å². The summed E-state index contributed by atoms with van der Waals surface area (Å²) in [5, 5.41) is 22.7. The van der Waals surface area contributed by atoms with E-state index in [0.717, 1.165) is 0 Å². The minimum absolute atomic E-state index is 0.0880. The molecule has 7 nitrogen and oxygen atoms in total. The highest BCUT2D eigenvalue weighted by molar-refractivity contribution is 6.00. The minimum atomic E-state index is -1.09. The Balaban J connectivity index is 2.56. The lowest BCUT2D eigenvalue weighted by Gasteiger charge is -2.25. The van der Waals surface area contributed by atoms with Crippen molar-refractivity contribution in [1.29, 1.82) is 0 Å². The first-order valence-electron chi connectivity index (χ1n) is 8.78. The zero-order valence-corrected chi connectivity index (χ0v) is 16.6. The van der Waals surface area contributed by atoms with E-state index in [9.17, 15) is 10.2 Å². The molecule has 0 aliphatic carbocycles. The minimum Gasteiger partial charge on any atom is -0.507 e. The Morgan fingerprint density at radius 3 is 2.15 bits per heavy atom. The van der Waals surface area contributed by atoms with Crippen LogP contribution in [0.2, 0.25) is 0 Å². The maximum atomic E-state index is 10.9. The molecule has 27 heavy (non-hydrogen) atoms. The number of phenolic OH excluding ortho intramolecular Hbond substituents is 1. The number of benzene rings is 2. The third-order valence-corrected chi connectivity index (χ3v) is 4.38. The molecule has 0 spiro atoms. The maximum absolute atomic E-state index is 10.9. The van der Waals surface area contributed by atoms with Gasteiger partial charge in [-0.25, -0.2) is 0 Å². The largest absolute Gasteiger partial charge is 0.507 e. The first-order valence-corrected chi connectivity index (χ1v) is 8.78. The van der Waals surface area contributed by atoms with Crippen LogP contribution >= 0.6 is 0 Å². The molecule has 0 saturated carbocycles. The summed E-state index contributed by atoms with van der Waals surface area (Å²) in [6.45, 7) is 5.83. The van der Waals surface area contributed by atoms with Gasteiger partial charge in [0.2, 0.25) is 0 Å². The number of hydrogen-bond donors (Lipinski definition) is 2.